The highest BCUT2D eigenvalue weighted by Gasteiger charge is 2.18. The first-order valence-electron chi connectivity index (χ1n) is 11.5. The first-order valence-corrected chi connectivity index (χ1v) is 11.5. The monoisotopic (exact) mass is 463 g/mol. The van der Waals surface area contributed by atoms with Crippen molar-refractivity contribution in [2.45, 2.75) is 26.3 Å². The van der Waals surface area contributed by atoms with Crippen molar-refractivity contribution in [1.82, 2.24) is 25.5 Å². The lowest BCUT2D eigenvalue weighted by Crippen LogP contribution is -2.28. The summed E-state index contributed by atoms with van der Waals surface area (Å²) < 4.78 is 5.85. The Labute approximate surface area is 203 Å². The predicted octanol–water partition coefficient (Wildman–Crippen LogP) is 5.98. The molecule has 7 heteroatoms. The van der Waals surface area contributed by atoms with Gasteiger partial charge in [-0.1, -0.05) is 55.0 Å². The Kier molecular flexibility index (Phi) is 6.22. The Balaban J connectivity index is 1.28. The highest BCUT2D eigenvalue weighted by molar-refractivity contribution is 5.94. The fraction of sp³-hybridized carbons (Fsp3) is 0.143. The van der Waals surface area contributed by atoms with E-state index in [4.69, 9.17) is 4.42 Å². The molecule has 0 aliphatic heterocycles. The molecule has 0 bridgehead atoms. The molecule has 0 saturated carbocycles. The summed E-state index contributed by atoms with van der Waals surface area (Å²) in [7, 11) is 0. The molecule has 0 aliphatic rings. The van der Waals surface area contributed by atoms with Crippen molar-refractivity contribution in [2.24, 2.45) is 0 Å². The Morgan fingerprint density at radius 3 is 2.34 bits per heavy atom. The lowest BCUT2D eigenvalue weighted by molar-refractivity contribution is 0.0934. The van der Waals surface area contributed by atoms with E-state index in [1.165, 1.54) is 0 Å². The first kappa shape index (κ1) is 22.3. The summed E-state index contributed by atoms with van der Waals surface area (Å²) >= 11 is 0. The number of benzene rings is 3. The van der Waals surface area contributed by atoms with E-state index in [1.54, 1.807) is 18.3 Å². The van der Waals surface area contributed by atoms with Crippen LogP contribution < -0.4 is 5.32 Å². The second-order valence-corrected chi connectivity index (χ2v) is 8.34. The average Bonchev–Trinajstić information content (AvgIpc) is 3.59. The number of aromatic amines is 1. The smallest absolute Gasteiger partial charge is 0.251 e. The summed E-state index contributed by atoms with van der Waals surface area (Å²) in [5, 5.41) is 11.4. The molecule has 35 heavy (non-hydrogen) atoms. The normalized spacial score (nSPS) is 11.8. The van der Waals surface area contributed by atoms with Crippen molar-refractivity contribution in [3.8, 4) is 34.2 Å². The molecule has 1 amide bonds. The van der Waals surface area contributed by atoms with Crippen LogP contribution in [0.4, 0.5) is 0 Å². The van der Waals surface area contributed by atoms with Gasteiger partial charge < -0.3 is 14.7 Å². The van der Waals surface area contributed by atoms with Crippen LogP contribution in [0, 0.1) is 6.92 Å². The van der Waals surface area contributed by atoms with Gasteiger partial charge in [0.1, 0.15) is 5.82 Å². The molecule has 2 heterocycles. The van der Waals surface area contributed by atoms with Gasteiger partial charge in [-0.15, -0.1) is 10.2 Å². The van der Waals surface area contributed by atoms with Gasteiger partial charge in [0.15, 0.2) is 0 Å². The van der Waals surface area contributed by atoms with Gasteiger partial charge in [-0.2, -0.15) is 0 Å². The number of nitrogens with one attached hydrogen (secondary N) is 2. The minimum absolute atomic E-state index is 0.174. The Bertz CT molecular complexity index is 1440. The van der Waals surface area contributed by atoms with Crippen molar-refractivity contribution < 1.29 is 9.21 Å². The summed E-state index contributed by atoms with van der Waals surface area (Å²) in [5.74, 6) is 1.42. The van der Waals surface area contributed by atoms with Gasteiger partial charge in [-0.25, -0.2) is 4.98 Å². The topological polar surface area (TPSA) is 96.7 Å². The van der Waals surface area contributed by atoms with E-state index in [0.717, 1.165) is 33.8 Å². The van der Waals surface area contributed by atoms with E-state index >= 15 is 0 Å². The molecular weight excluding hydrogens is 438 g/mol. The van der Waals surface area contributed by atoms with Crippen molar-refractivity contribution in [3.05, 3.63) is 102 Å². The van der Waals surface area contributed by atoms with E-state index < -0.39 is 0 Å². The Morgan fingerprint density at radius 2 is 1.63 bits per heavy atom. The molecule has 0 saturated heterocycles. The molecule has 174 valence electrons. The molecule has 5 rings (SSSR count). The highest BCUT2D eigenvalue weighted by Crippen LogP contribution is 2.25. The summed E-state index contributed by atoms with van der Waals surface area (Å²) in [5.41, 5.74) is 5.25. The molecule has 0 spiro atoms. The number of nitrogens with zero attached hydrogens (tertiary/aromatic N) is 3. The minimum atomic E-state index is -0.229. The summed E-state index contributed by atoms with van der Waals surface area (Å²) in [6, 6.07) is 24.8. The van der Waals surface area contributed by atoms with Crippen molar-refractivity contribution in [3.63, 3.8) is 0 Å². The van der Waals surface area contributed by atoms with Crippen LogP contribution in [0.25, 0.3) is 34.2 Å². The van der Waals surface area contributed by atoms with Crippen LogP contribution in [0.5, 0.6) is 0 Å². The zero-order valence-electron chi connectivity index (χ0n) is 19.5. The lowest BCUT2D eigenvalue weighted by Gasteiger charge is -2.15. The van der Waals surface area contributed by atoms with Crippen LogP contribution in [-0.2, 0) is 0 Å². The third-order valence-electron chi connectivity index (χ3n) is 5.81. The predicted molar refractivity (Wildman–Crippen MR) is 134 cm³/mol. The molecule has 1 atom stereocenters. The van der Waals surface area contributed by atoms with E-state index in [9.17, 15) is 4.79 Å². The molecule has 0 radical (unpaired) electrons. The highest BCUT2D eigenvalue weighted by atomic mass is 16.4. The van der Waals surface area contributed by atoms with E-state index in [-0.39, 0.29) is 11.9 Å². The van der Waals surface area contributed by atoms with Gasteiger partial charge in [0.2, 0.25) is 11.8 Å². The molecule has 2 N–H and O–H groups in total. The SMILES string of the molecule is CCC(NC(=O)c1ccc(-c2nnc(-c3cccc(C)c3)o2)cc1)c1ncc(-c2ccccc2)[nH]1. The van der Waals surface area contributed by atoms with Crippen LogP contribution >= 0.6 is 0 Å². The average molecular weight is 464 g/mol. The standard InChI is InChI=1S/C28H25N5O2/c1-3-23(25-29-17-24(30-25)19-9-5-4-6-10-19)31-26(34)20-12-14-21(15-13-20)27-32-33-28(35-27)22-11-7-8-18(2)16-22/h4-17,23H,3H2,1-2H3,(H,29,30)(H,31,34). The van der Waals surface area contributed by atoms with E-state index in [1.807, 2.05) is 80.6 Å². The molecule has 0 fully saturated rings. The fourth-order valence-electron chi connectivity index (χ4n) is 3.88. The number of rotatable bonds is 7. The summed E-state index contributed by atoms with van der Waals surface area (Å²) in [6.45, 7) is 4.03. The van der Waals surface area contributed by atoms with Gasteiger partial charge in [0.05, 0.1) is 17.9 Å². The molecule has 1 unspecified atom stereocenters. The number of hydrogen-bond acceptors (Lipinski definition) is 5. The number of aromatic nitrogens is 4. The lowest BCUT2D eigenvalue weighted by atomic mass is 10.1. The second-order valence-electron chi connectivity index (χ2n) is 8.34. The molecule has 2 aromatic heterocycles. The molecule has 3 aromatic carbocycles. The van der Waals surface area contributed by atoms with Gasteiger partial charge >= 0.3 is 0 Å². The zero-order chi connectivity index (χ0) is 24.2. The number of carbonyl (C=O) groups is 1. The number of aryl methyl sites for hydroxylation is 1. The van der Waals surface area contributed by atoms with Crippen LogP contribution in [0.15, 0.2) is 89.5 Å². The number of imidazole rings is 1. The van der Waals surface area contributed by atoms with Crippen LogP contribution in [0.2, 0.25) is 0 Å². The third kappa shape index (κ3) is 4.89. The van der Waals surface area contributed by atoms with Gasteiger partial charge in [-0.05, 0) is 55.3 Å². The number of amides is 1. The van der Waals surface area contributed by atoms with Gasteiger partial charge in [-0.3, -0.25) is 4.79 Å². The van der Waals surface area contributed by atoms with Gasteiger partial charge in [0.25, 0.3) is 5.91 Å². The zero-order valence-corrected chi connectivity index (χ0v) is 19.5. The third-order valence-corrected chi connectivity index (χ3v) is 5.81. The number of hydrogen-bond donors (Lipinski definition) is 2. The summed E-state index contributed by atoms with van der Waals surface area (Å²) in [4.78, 5) is 20.8. The van der Waals surface area contributed by atoms with Crippen molar-refractivity contribution in [1.29, 1.82) is 0 Å². The van der Waals surface area contributed by atoms with Crippen molar-refractivity contribution in [2.75, 3.05) is 0 Å². The van der Waals surface area contributed by atoms with Crippen LogP contribution in [-0.4, -0.2) is 26.1 Å². The quantitative estimate of drug-likeness (QED) is 0.309. The number of carbonyl (C=O) groups excluding carboxylic acids is 1. The van der Waals surface area contributed by atoms with E-state index in [2.05, 4.69) is 25.5 Å². The van der Waals surface area contributed by atoms with Crippen molar-refractivity contribution >= 4 is 5.91 Å². The molecule has 5 aromatic rings. The van der Waals surface area contributed by atoms with E-state index in [0.29, 0.717) is 23.8 Å². The minimum Gasteiger partial charge on any atom is -0.416 e. The largest absolute Gasteiger partial charge is 0.416 e. The Hall–Kier alpha value is -4.52. The second kappa shape index (κ2) is 9.77. The molecule has 0 aliphatic carbocycles. The maximum atomic E-state index is 12.9. The van der Waals surface area contributed by atoms with Gasteiger partial charge in [0, 0.05) is 16.7 Å². The first-order chi connectivity index (χ1) is 17.1. The summed E-state index contributed by atoms with van der Waals surface area (Å²) in [6.07, 6.45) is 2.50. The Morgan fingerprint density at radius 1 is 0.914 bits per heavy atom. The molecule has 7 nitrogen and oxygen atoms in total. The maximum absolute atomic E-state index is 12.9. The fourth-order valence-corrected chi connectivity index (χ4v) is 3.88. The maximum Gasteiger partial charge on any atom is 0.251 e. The molecular formula is C28H25N5O2. The number of H-pyrrole nitrogens is 1. The van der Waals surface area contributed by atoms with Crippen LogP contribution in [0.1, 0.15) is 41.1 Å². The van der Waals surface area contributed by atoms with Crippen LogP contribution in [0.3, 0.4) is 0 Å².